The zero-order valence-corrected chi connectivity index (χ0v) is 14.1. The van der Waals surface area contributed by atoms with E-state index in [2.05, 4.69) is 10.6 Å². The lowest BCUT2D eigenvalue weighted by molar-refractivity contribution is -0.118. The molecule has 0 aromatic heterocycles. The molecule has 2 N–H and O–H groups in total. The molecule has 0 fully saturated rings. The second-order valence-corrected chi connectivity index (χ2v) is 7.18. The summed E-state index contributed by atoms with van der Waals surface area (Å²) < 4.78 is 26.5. The van der Waals surface area contributed by atoms with Gasteiger partial charge in [0.1, 0.15) is 17.5 Å². The number of allylic oxidation sites excluding steroid dienone is 1. The van der Waals surface area contributed by atoms with Crippen LogP contribution in [0.4, 0.5) is 8.78 Å². The number of thioether (sulfide) groups is 1. The van der Waals surface area contributed by atoms with Gasteiger partial charge in [-0.2, -0.15) is 0 Å². The van der Waals surface area contributed by atoms with Crippen LogP contribution in [-0.4, -0.2) is 11.7 Å². The van der Waals surface area contributed by atoms with Crippen molar-refractivity contribution in [2.45, 2.75) is 18.4 Å². The highest BCUT2D eigenvalue weighted by Crippen LogP contribution is 2.45. The van der Waals surface area contributed by atoms with Crippen molar-refractivity contribution in [3.63, 3.8) is 0 Å². The highest BCUT2D eigenvalue weighted by molar-refractivity contribution is 8.03. The molecular weight excluding hydrogens is 342 g/mol. The van der Waals surface area contributed by atoms with Crippen LogP contribution in [0.25, 0.3) is 0 Å². The lowest BCUT2D eigenvalue weighted by Gasteiger charge is -2.37. The second-order valence-electron chi connectivity index (χ2n) is 6.16. The molecule has 0 saturated carbocycles. The molecule has 6 heteroatoms. The molecule has 0 spiro atoms. The summed E-state index contributed by atoms with van der Waals surface area (Å²) in [7, 11) is 0. The number of hydrogen-bond donors (Lipinski definition) is 2. The predicted octanol–water partition coefficient (Wildman–Crippen LogP) is 3.82. The van der Waals surface area contributed by atoms with Crippen molar-refractivity contribution in [2.75, 3.05) is 5.75 Å². The van der Waals surface area contributed by atoms with Crippen LogP contribution in [0.5, 0.6) is 0 Å². The van der Waals surface area contributed by atoms with E-state index in [0.29, 0.717) is 11.6 Å². The zero-order valence-electron chi connectivity index (χ0n) is 13.3. The van der Waals surface area contributed by atoms with E-state index in [1.807, 2.05) is 0 Å². The molecule has 2 aromatic rings. The van der Waals surface area contributed by atoms with Crippen molar-refractivity contribution >= 4 is 17.7 Å². The minimum absolute atomic E-state index is 0.0473. The summed E-state index contributed by atoms with van der Waals surface area (Å²) in [6, 6.07) is 12.8. The van der Waals surface area contributed by atoms with Gasteiger partial charge in [-0.15, -0.1) is 11.8 Å². The van der Waals surface area contributed by atoms with Crippen LogP contribution in [0.1, 0.15) is 29.5 Å². The Balaban J connectivity index is 1.72. The van der Waals surface area contributed by atoms with E-state index in [1.54, 1.807) is 24.3 Å². The summed E-state index contributed by atoms with van der Waals surface area (Å²) in [4.78, 5) is 12.8. The number of rotatable bonds is 2. The number of carbonyl (C=O) groups is 1. The summed E-state index contributed by atoms with van der Waals surface area (Å²) in [5.41, 5.74) is 1.95. The molecule has 0 aliphatic carbocycles. The molecule has 0 radical (unpaired) electrons. The van der Waals surface area contributed by atoms with Gasteiger partial charge in [0, 0.05) is 10.8 Å². The van der Waals surface area contributed by atoms with Gasteiger partial charge in [-0.05, 0) is 41.8 Å². The Morgan fingerprint density at radius 1 is 0.920 bits per heavy atom. The lowest BCUT2D eigenvalue weighted by atomic mass is 9.86. The highest BCUT2D eigenvalue weighted by Gasteiger charge is 2.34. The van der Waals surface area contributed by atoms with Crippen LogP contribution in [0.15, 0.2) is 59.3 Å². The summed E-state index contributed by atoms with van der Waals surface area (Å²) in [6.07, 6.45) is 0.749. The Labute approximate surface area is 148 Å². The molecule has 128 valence electrons. The Kier molecular flexibility index (Phi) is 4.21. The minimum atomic E-state index is -0.281. The molecule has 4 rings (SSSR count). The number of nitrogens with one attached hydrogen (secondary N) is 2. The third kappa shape index (κ3) is 3.26. The van der Waals surface area contributed by atoms with Gasteiger partial charge in [0.05, 0.1) is 11.8 Å². The molecule has 2 aliphatic heterocycles. The summed E-state index contributed by atoms with van der Waals surface area (Å²) >= 11 is 1.51. The van der Waals surface area contributed by atoms with Crippen molar-refractivity contribution in [1.29, 1.82) is 0 Å². The average molecular weight is 358 g/mol. The van der Waals surface area contributed by atoms with Gasteiger partial charge in [0.2, 0.25) is 5.91 Å². The molecule has 0 unspecified atom stereocenters. The predicted molar refractivity (Wildman–Crippen MR) is 93.7 cm³/mol. The monoisotopic (exact) mass is 358 g/mol. The van der Waals surface area contributed by atoms with Crippen LogP contribution < -0.4 is 10.6 Å². The topological polar surface area (TPSA) is 41.1 Å². The van der Waals surface area contributed by atoms with Crippen molar-refractivity contribution < 1.29 is 13.6 Å². The van der Waals surface area contributed by atoms with Crippen molar-refractivity contribution in [1.82, 2.24) is 10.6 Å². The maximum atomic E-state index is 13.3. The van der Waals surface area contributed by atoms with E-state index < -0.39 is 0 Å². The van der Waals surface area contributed by atoms with Crippen molar-refractivity contribution in [3.8, 4) is 0 Å². The van der Waals surface area contributed by atoms with Crippen molar-refractivity contribution in [3.05, 3.63) is 82.0 Å². The fourth-order valence-electron chi connectivity index (χ4n) is 3.31. The van der Waals surface area contributed by atoms with Gasteiger partial charge in [0.15, 0.2) is 0 Å². The minimum Gasteiger partial charge on any atom is -0.364 e. The fourth-order valence-corrected chi connectivity index (χ4v) is 4.35. The zero-order chi connectivity index (χ0) is 17.4. The lowest BCUT2D eigenvalue weighted by Crippen LogP contribution is -2.42. The molecule has 2 aliphatic rings. The third-order valence-electron chi connectivity index (χ3n) is 4.52. The highest BCUT2D eigenvalue weighted by atomic mass is 32.2. The van der Waals surface area contributed by atoms with Crippen molar-refractivity contribution in [2.24, 2.45) is 0 Å². The summed E-state index contributed by atoms with van der Waals surface area (Å²) in [5, 5.41) is 6.26. The molecule has 25 heavy (non-hydrogen) atoms. The smallest absolute Gasteiger partial charge is 0.235 e. The first-order valence-electron chi connectivity index (χ1n) is 8.04. The van der Waals surface area contributed by atoms with E-state index in [0.717, 1.165) is 22.5 Å². The Bertz CT molecular complexity index is 834. The molecule has 3 nitrogen and oxygen atoms in total. The number of amides is 1. The number of carbonyl (C=O) groups excluding carboxylic acids is 1. The Morgan fingerprint density at radius 3 is 2.16 bits per heavy atom. The van der Waals surface area contributed by atoms with Crippen LogP contribution in [-0.2, 0) is 4.79 Å². The van der Waals surface area contributed by atoms with E-state index in [1.165, 1.54) is 36.0 Å². The van der Waals surface area contributed by atoms with E-state index in [9.17, 15) is 13.6 Å². The van der Waals surface area contributed by atoms with Gasteiger partial charge in [-0.1, -0.05) is 24.3 Å². The third-order valence-corrected chi connectivity index (χ3v) is 5.73. The maximum absolute atomic E-state index is 13.3. The SMILES string of the molecule is O=C1CSC2=C(N1)N[C@H](c1ccc(F)cc1)C[C@H]2c1ccc(F)cc1. The Hall–Kier alpha value is -2.34. The van der Waals surface area contributed by atoms with Crippen LogP contribution in [0.3, 0.4) is 0 Å². The van der Waals surface area contributed by atoms with E-state index in [4.69, 9.17) is 0 Å². The first kappa shape index (κ1) is 16.1. The number of hydrogen-bond acceptors (Lipinski definition) is 3. The largest absolute Gasteiger partial charge is 0.364 e. The molecule has 0 bridgehead atoms. The average Bonchev–Trinajstić information content (AvgIpc) is 2.62. The normalized spacial score (nSPS) is 22.9. The molecule has 2 atom stereocenters. The Morgan fingerprint density at radius 2 is 1.52 bits per heavy atom. The van der Waals surface area contributed by atoms with Gasteiger partial charge < -0.3 is 10.6 Å². The first-order valence-corrected chi connectivity index (χ1v) is 9.03. The fraction of sp³-hybridized carbons (Fsp3) is 0.211. The first-order chi connectivity index (χ1) is 12.1. The number of halogens is 2. The molecular formula is C19H16F2N2OS. The molecule has 2 aromatic carbocycles. The molecule has 2 heterocycles. The molecule has 0 saturated heterocycles. The maximum Gasteiger partial charge on any atom is 0.235 e. The molecule has 1 amide bonds. The van der Waals surface area contributed by atoms with E-state index >= 15 is 0 Å². The van der Waals surface area contributed by atoms with Gasteiger partial charge >= 0.3 is 0 Å². The van der Waals surface area contributed by atoms with Crippen LogP contribution in [0, 0.1) is 11.6 Å². The second kappa shape index (κ2) is 6.52. The number of benzene rings is 2. The quantitative estimate of drug-likeness (QED) is 0.858. The van der Waals surface area contributed by atoms with Crippen LogP contribution >= 0.6 is 11.8 Å². The summed E-state index contributed by atoms with van der Waals surface area (Å²) in [6.45, 7) is 0. The van der Waals surface area contributed by atoms with Crippen LogP contribution in [0.2, 0.25) is 0 Å². The van der Waals surface area contributed by atoms with Gasteiger partial charge in [-0.25, -0.2) is 8.78 Å². The standard InChI is InChI=1S/C19H16F2N2OS/c20-13-5-1-11(2-6-13)15-9-16(12-3-7-14(21)8-4-12)22-19-18(15)25-10-17(24)23-19/h1-8,15-16,22H,9-10H2,(H,23,24)/t15-,16-/m0/s1. The summed E-state index contributed by atoms with van der Waals surface area (Å²) in [5.74, 6) is 0.532. The van der Waals surface area contributed by atoms with E-state index in [-0.39, 0.29) is 29.5 Å². The van der Waals surface area contributed by atoms with Gasteiger partial charge in [-0.3, -0.25) is 4.79 Å². The van der Waals surface area contributed by atoms with Gasteiger partial charge in [0.25, 0.3) is 0 Å².